The summed E-state index contributed by atoms with van der Waals surface area (Å²) in [5.41, 5.74) is 3.59. The fraction of sp³-hybridized carbons (Fsp3) is 0.550. The van der Waals surface area contributed by atoms with Gasteiger partial charge in [0, 0.05) is 0 Å². The Labute approximate surface area is 150 Å². The van der Waals surface area contributed by atoms with E-state index in [1.165, 1.54) is 4.90 Å². The average Bonchev–Trinajstić information content (AvgIpc) is 2.53. The van der Waals surface area contributed by atoms with Crippen molar-refractivity contribution in [2.75, 3.05) is 0 Å². The molecule has 0 unspecified atom stereocenters. The van der Waals surface area contributed by atoms with Gasteiger partial charge in [0.1, 0.15) is 0 Å². The van der Waals surface area contributed by atoms with Crippen molar-refractivity contribution < 1.29 is 13.6 Å². The summed E-state index contributed by atoms with van der Waals surface area (Å²) < 4.78 is 28.9. The second-order valence-electron chi connectivity index (χ2n) is 7.94. The highest BCUT2D eigenvalue weighted by atomic mass is 28.3. The number of β-lactam (4-membered cyclic amide) rings is 1. The summed E-state index contributed by atoms with van der Waals surface area (Å²) in [6.07, 6.45) is 0. The summed E-state index contributed by atoms with van der Waals surface area (Å²) in [5, 5.41) is 0. The van der Waals surface area contributed by atoms with E-state index in [4.69, 9.17) is 0 Å². The van der Waals surface area contributed by atoms with E-state index in [0.29, 0.717) is 16.6 Å². The largest absolute Gasteiger partial charge is 0.364 e. The lowest BCUT2D eigenvalue weighted by atomic mass is 10.0. The highest BCUT2D eigenvalue weighted by molar-refractivity contribution is 6.88. The first-order valence-corrected chi connectivity index (χ1v) is 11.3. The van der Waals surface area contributed by atoms with Crippen LogP contribution in [0, 0.1) is 0 Å². The van der Waals surface area contributed by atoms with Gasteiger partial charge in [-0.3, -0.25) is 4.79 Å². The Bertz CT molecular complexity index is 631. The standard InChI is InChI=1S/C20H29F2NOSi/c1-14(2)25(15(3)4,16(5)6)13-18-20(21,22)19(24)23(18)12-17-10-8-7-9-11-17/h7-11,13-16H,12H2,1-6H3/b18-13-. The third-order valence-electron chi connectivity index (χ3n) is 5.70. The number of benzene rings is 1. The van der Waals surface area contributed by atoms with E-state index in [2.05, 4.69) is 41.5 Å². The zero-order chi connectivity index (χ0) is 19.0. The van der Waals surface area contributed by atoms with Crippen molar-refractivity contribution in [2.45, 2.75) is 70.6 Å². The molecule has 2 rings (SSSR count). The smallest absolute Gasteiger partial charge is 0.300 e. The minimum absolute atomic E-state index is 0.0795. The zero-order valence-corrected chi connectivity index (χ0v) is 17.0. The minimum Gasteiger partial charge on any atom is -0.300 e. The van der Waals surface area contributed by atoms with Gasteiger partial charge in [-0.2, -0.15) is 8.78 Å². The van der Waals surface area contributed by atoms with Crippen molar-refractivity contribution in [2.24, 2.45) is 0 Å². The molecule has 0 radical (unpaired) electrons. The SMILES string of the molecule is CC(C)[Si](/C=C1\N(Cc2ccccc2)C(=O)C1(F)F)(C(C)C)C(C)C. The molecule has 25 heavy (non-hydrogen) atoms. The van der Waals surface area contributed by atoms with E-state index in [1.807, 2.05) is 36.0 Å². The topological polar surface area (TPSA) is 20.3 Å². The number of hydrogen-bond donors (Lipinski definition) is 0. The van der Waals surface area contributed by atoms with Gasteiger partial charge in [-0.25, -0.2) is 0 Å². The second-order valence-corrected chi connectivity index (χ2v) is 13.7. The Balaban J connectivity index is 2.47. The number of carbonyl (C=O) groups excluding carboxylic acids is 1. The van der Waals surface area contributed by atoms with E-state index < -0.39 is 19.9 Å². The molecule has 0 N–H and O–H groups in total. The molecule has 1 fully saturated rings. The summed E-state index contributed by atoms with van der Waals surface area (Å²) in [7, 11) is -2.17. The maximum atomic E-state index is 14.4. The monoisotopic (exact) mass is 365 g/mol. The van der Waals surface area contributed by atoms with Crippen LogP contribution in [-0.4, -0.2) is 24.8 Å². The van der Waals surface area contributed by atoms with Gasteiger partial charge in [-0.15, -0.1) is 0 Å². The maximum absolute atomic E-state index is 14.4. The molecule has 0 atom stereocenters. The van der Waals surface area contributed by atoms with Crippen LogP contribution in [0.4, 0.5) is 8.78 Å². The van der Waals surface area contributed by atoms with Crippen LogP contribution >= 0.6 is 0 Å². The van der Waals surface area contributed by atoms with Crippen LogP contribution in [0.5, 0.6) is 0 Å². The summed E-state index contributed by atoms with van der Waals surface area (Å²) in [6, 6.07) is 9.31. The minimum atomic E-state index is -3.36. The van der Waals surface area contributed by atoms with Gasteiger partial charge in [0.2, 0.25) is 0 Å². The molecule has 138 valence electrons. The van der Waals surface area contributed by atoms with E-state index in [0.717, 1.165) is 5.56 Å². The van der Waals surface area contributed by atoms with Gasteiger partial charge in [0.15, 0.2) is 0 Å². The number of rotatable bonds is 6. The van der Waals surface area contributed by atoms with E-state index >= 15 is 0 Å². The van der Waals surface area contributed by atoms with Crippen molar-refractivity contribution in [3.8, 4) is 0 Å². The molecule has 1 aromatic carbocycles. The van der Waals surface area contributed by atoms with Crippen LogP contribution < -0.4 is 0 Å². The molecular formula is C20H29F2NOSi. The molecule has 0 aliphatic carbocycles. The van der Waals surface area contributed by atoms with Crippen LogP contribution in [0.1, 0.15) is 47.1 Å². The summed E-state index contributed by atoms with van der Waals surface area (Å²) in [6.45, 7) is 13.0. The van der Waals surface area contributed by atoms with Gasteiger partial charge < -0.3 is 4.90 Å². The quantitative estimate of drug-likeness (QED) is 0.463. The molecule has 1 aromatic rings. The lowest BCUT2D eigenvalue weighted by Crippen LogP contribution is -2.60. The maximum Gasteiger partial charge on any atom is 0.364 e. The predicted molar refractivity (Wildman–Crippen MR) is 101 cm³/mol. The number of amides is 1. The van der Waals surface area contributed by atoms with Crippen LogP contribution in [-0.2, 0) is 11.3 Å². The molecule has 1 amide bonds. The Morgan fingerprint density at radius 2 is 1.48 bits per heavy atom. The number of nitrogens with zero attached hydrogens (tertiary/aromatic N) is 1. The van der Waals surface area contributed by atoms with Crippen LogP contribution in [0.25, 0.3) is 0 Å². The van der Waals surface area contributed by atoms with Gasteiger partial charge in [-0.1, -0.05) is 77.6 Å². The lowest BCUT2D eigenvalue weighted by Gasteiger charge is -2.46. The van der Waals surface area contributed by atoms with Gasteiger partial charge in [0.25, 0.3) is 0 Å². The Morgan fingerprint density at radius 1 is 1.00 bits per heavy atom. The van der Waals surface area contributed by atoms with Crippen LogP contribution in [0.3, 0.4) is 0 Å². The van der Waals surface area contributed by atoms with E-state index in [-0.39, 0.29) is 12.2 Å². The zero-order valence-electron chi connectivity index (χ0n) is 16.0. The normalized spacial score (nSPS) is 19.2. The first-order chi connectivity index (χ1) is 11.5. The number of carbonyl (C=O) groups is 1. The molecule has 1 aliphatic heterocycles. The number of likely N-dealkylation sites (tertiary alicyclic amines) is 1. The summed E-state index contributed by atoms with van der Waals surface area (Å²) >= 11 is 0. The Kier molecular flexibility index (Phi) is 5.57. The molecule has 5 heteroatoms. The first kappa shape index (κ1) is 19.8. The van der Waals surface area contributed by atoms with Crippen molar-refractivity contribution in [3.05, 3.63) is 47.3 Å². The fourth-order valence-electron chi connectivity index (χ4n) is 4.33. The second kappa shape index (κ2) is 7.02. The fourth-order valence-corrected chi connectivity index (χ4v) is 10.1. The molecule has 0 aromatic heterocycles. The molecule has 0 spiro atoms. The Morgan fingerprint density at radius 3 is 1.92 bits per heavy atom. The van der Waals surface area contributed by atoms with Crippen molar-refractivity contribution in [3.63, 3.8) is 0 Å². The highest BCUT2D eigenvalue weighted by Gasteiger charge is 2.60. The van der Waals surface area contributed by atoms with Crippen LogP contribution in [0.2, 0.25) is 16.6 Å². The van der Waals surface area contributed by atoms with Gasteiger partial charge in [0.05, 0.1) is 20.3 Å². The summed E-state index contributed by atoms with van der Waals surface area (Å²) in [4.78, 5) is 13.3. The molecular weight excluding hydrogens is 336 g/mol. The molecule has 0 saturated carbocycles. The lowest BCUT2D eigenvalue weighted by molar-refractivity contribution is -0.171. The van der Waals surface area contributed by atoms with E-state index in [9.17, 15) is 13.6 Å². The highest BCUT2D eigenvalue weighted by Crippen LogP contribution is 2.48. The average molecular weight is 366 g/mol. The van der Waals surface area contributed by atoms with Crippen molar-refractivity contribution in [1.82, 2.24) is 4.90 Å². The number of alkyl halides is 2. The number of halogens is 2. The molecule has 1 heterocycles. The van der Waals surface area contributed by atoms with Gasteiger partial charge >= 0.3 is 11.8 Å². The van der Waals surface area contributed by atoms with Crippen molar-refractivity contribution in [1.29, 1.82) is 0 Å². The molecule has 1 aliphatic rings. The van der Waals surface area contributed by atoms with Crippen molar-refractivity contribution >= 4 is 14.0 Å². The Hall–Kier alpha value is -1.49. The third kappa shape index (κ3) is 3.31. The number of hydrogen-bond acceptors (Lipinski definition) is 1. The summed E-state index contributed by atoms with van der Waals surface area (Å²) in [5.74, 6) is -4.44. The molecule has 1 saturated heterocycles. The third-order valence-corrected chi connectivity index (χ3v) is 12.5. The first-order valence-electron chi connectivity index (χ1n) is 9.02. The molecule has 2 nitrogen and oxygen atoms in total. The van der Waals surface area contributed by atoms with Gasteiger partial charge in [-0.05, 0) is 22.2 Å². The molecule has 0 bridgehead atoms. The predicted octanol–water partition coefficient (Wildman–Crippen LogP) is 5.77. The van der Waals surface area contributed by atoms with Crippen LogP contribution in [0.15, 0.2) is 41.7 Å². The van der Waals surface area contributed by atoms with E-state index in [1.54, 1.807) is 0 Å².